The van der Waals surface area contributed by atoms with Gasteiger partial charge in [-0.2, -0.15) is 0 Å². The van der Waals surface area contributed by atoms with E-state index in [9.17, 15) is 9.59 Å². The molecule has 148 valence electrons. The maximum atomic E-state index is 13.1. The van der Waals surface area contributed by atoms with Gasteiger partial charge in [0.15, 0.2) is 0 Å². The van der Waals surface area contributed by atoms with Crippen molar-refractivity contribution in [1.82, 2.24) is 25.4 Å². The summed E-state index contributed by atoms with van der Waals surface area (Å²) in [6.07, 6.45) is 7.22. The highest BCUT2D eigenvalue weighted by atomic mass is 16.2. The molecule has 0 aliphatic carbocycles. The van der Waals surface area contributed by atoms with Crippen molar-refractivity contribution in [3.63, 3.8) is 0 Å². The Labute approximate surface area is 164 Å². The molecule has 4 heterocycles. The average Bonchev–Trinajstić information content (AvgIpc) is 3.12. The molecule has 28 heavy (non-hydrogen) atoms. The van der Waals surface area contributed by atoms with Crippen LogP contribution in [0.1, 0.15) is 26.7 Å². The van der Waals surface area contributed by atoms with Crippen LogP contribution in [0.5, 0.6) is 0 Å². The highest BCUT2D eigenvalue weighted by Crippen LogP contribution is 2.33. The Bertz CT molecular complexity index is 821. The van der Waals surface area contributed by atoms with E-state index < -0.39 is 6.04 Å². The van der Waals surface area contributed by atoms with E-state index in [1.165, 1.54) is 0 Å². The number of fused-ring (bicyclic) bond motifs is 3. The van der Waals surface area contributed by atoms with Crippen molar-refractivity contribution >= 4 is 17.8 Å². The summed E-state index contributed by atoms with van der Waals surface area (Å²) in [5.74, 6) is 1.11. The molecule has 8 nitrogen and oxygen atoms in total. The van der Waals surface area contributed by atoms with Gasteiger partial charge in [-0.05, 0) is 38.0 Å². The van der Waals surface area contributed by atoms with Crippen LogP contribution in [0.2, 0.25) is 0 Å². The zero-order valence-corrected chi connectivity index (χ0v) is 16.2. The first-order chi connectivity index (χ1) is 13.6. The van der Waals surface area contributed by atoms with E-state index in [1.807, 2.05) is 32.1 Å². The standard InChI is InChI=1S/C20H26N6O2/c1-3-13(2)22-19(27)15-7-8-16-18(23-15)26(14-9-11-25(16)12-14)20(28)24-17-6-4-5-10-21-17/h4-8,10,13-15,23H,3,9,11-12H2,1-2H3,(H,22,27)(H,21,24,28)/t13-,14+,15?/m1/s1. The third kappa shape index (κ3) is 3.42. The average molecular weight is 382 g/mol. The van der Waals surface area contributed by atoms with E-state index in [1.54, 1.807) is 23.2 Å². The number of nitrogens with one attached hydrogen (secondary N) is 3. The summed E-state index contributed by atoms with van der Waals surface area (Å²) in [6.45, 7) is 5.71. The van der Waals surface area contributed by atoms with Gasteiger partial charge in [-0.1, -0.05) is 19.1 Å². The summed E-state index contributed by atoms with van der Waals surface area (Å²) in [5, 5.41) is 9.16. The van der Waals surface area contributed by atoms with Crippen LogP contribution in [-0.2, 0) is 4.79 Å². The molecule has 3 N–H and O–H groups in total. The Morgan fingerprint density at radius 2 is 2.25 bits per heavy atom. The van der Waals surface area contributed by atoms with Crippen LogP contribution in [0, 0.1) is 0 Å². The van der Waals surface area contributed by atoms with Crippen LogP contribution in [-0.4, -0.2) is 57.9 Å². The van der Waals surface area contributed by atoms with Crippen molar-refractivity contribution in [2.24, 2.45) is 0 Å². The molecule has 1 saturated heterocycles. The van der Waals surface area contributed by atoms with Crippen LogP contribution >= 0.6 is 0 Å². The van der Waals surface area contributed by atoms with E-state index in [0.717, 1.165) is 31.6 Å². The fourth-order valence-electron chi connectivity index (χ4n) is 3.80. The summed E-state index contributed by atoms with van der Waals surface area (Å²) >= 11 is 0. The van der Waals surface area contributed by atoms with Gasteiger partial charge in [0.25, 0.3) is 0 Å². The normalized spacial score (nSPS) is 23.8. The number of nitrogens with zero attached hydrogens (tertiary/aromatic N) is 3. The molecule has 1 fully saturated rings. The summed E-state index contributed by atoms with van der Waals surface area (Å²) in [7, 11) is 0. The SMILES string of the molecule is CC[C@@H](C)NC(=O)C1C=CC2=C(N1)N(C(=O)Nc1ccccn1)[C@H]1CCN2C1. The van der Waals surface area contributed by atoms with Gasteiger partial charge in [0.1, 0.15) is 17.7 Å². The lowest BCUT2D eigenvalue weighted by molar-refractivity contribution is -0.122. The fourth-order valence-corrected chi connectivity index (χ4v) is 3.80. The summed E-state index contributed by atoms with van der Waals surface area (Å²) in [5.41, 5.74) is 0.956. The van der Waals surface area contributed by atoms with Crippen LogP contribution in [0.4, 0.5) is 10.6 Å². The number of pyridine rings is 1. The smallest absolute Gasteiger partial charge is 0.328 e. The van der Waals surface area contributed by atoms with E-state index >= 15 is 0 Å². The monoisotopic (exact) mass is 382 g/mol. The molecular weight excluding hydrogens is 356 g/mol. The minimum Gasteiger partial charge on any atom is -0.366 e. The molecular formula is C20H26N6O2. The number of hydrogen-bond donors (Lipinski definition) is 3. The Kier molecular flexibility index (Phi) is 4.93. The summed E-state index contributed by atoms with van der Waals surface area (Å²) in [6, 6.07) is 4.83. The van der Waals surface area contributed by atoms with E-state index in [0.29, 0.717) is 11.6 Å². The number of carbonyl (C=O) groups is 2. The zero-order chi connectivity index (χ0) is 19.7. The van der Waals surface area contributed by atoms with Gasteiger partial charge in [-0.15, -0.1) is 0 Å². The number of carbonyl (C=O) groups excluding carboxylic acids is 2. The highest BCUT2D eigenvalue weighted by molar-refractivity contribution is 5.91. The van der Waals surface area contributed by atoms with Gasteiger partial charge in [-0.25, -0.2) is 9.78 Å². The molecule has 1 aromatic rings. The molecule has 3 aliphatic heterocycles. The van der Waals surface area contributed by atoms with Crippen LogP contribution in [0.25, 0.3) is 0 Å². The molecule has 0 saturated carbocycles. The third-order valence-electron chi connectivity index (χ3n) is 5.49. The van der Waals surface area contributed by atoms with Gasteiger partial charge in [0.05, 0.1) is 11.7 Å². The molecule has 2 bridgehead atoms. The second-order valence-electron chi connectivity index (χ2n) is 7.44. The first-order valence-corrected chi connectivity index (χ1v) is 9.82. The lowest BCUT2D eigenvalue weighted by Crippen LogP contribution is -2.56. The van der Waals surface area contributed by atoms with E-state index in [4.69, 9.17) is 0 Å². The second kappa shape index (κ2) is 7.53. The van der Waals surface area contributed by atoms with Gasteiger partial charge in [-0.3, -0.25) is 15.0 Å². The molecule has 3 aliphatic rings. The second-order valence-corrected chi connectivity index (χ2v) is 7.44. The lowest BCUT2D eigenvalue weighted by atomic mass is 10.1. The molecule has 0 spiro atoms. The number of hydrogen-bond acceptors (Lipinski definition) is 5. The Hall–Kier alpha value is -3.03. The van der Waals surface area contributed by atoms with E-state index in [2.05, 4.69) is 25.8 Å². The molecule has 3 amide bonds. The van der Waals surface area contributed by atoms with Crippen LogP contribution in [0.15, 0.2) is 48.1 Å². The maximum Gasteiger partial charge on any atom is 0.328 e. The predicted molar refractivity (Wildman–Crippen MR) is 106 cm³/mol. The highest BCUT2D eigenvalue weighted by Gasteiger charge is 2.42. The summed E-state index contributed by atoms with van der Waals surface area (Å²) < 4.78 is 0. The molecule has 4 rings (SSSR count). The zero-order valence-electron chi connectivity index (χ0n) is 16.2. The minimum absolute atomic E-state index is 0.0692. The first-order valence-electron chi connectivity index (χ1n) is 9.82. The number of rotatable bonds is 4. The van der Waals surface area contributed by atoms with Gasteiger partial charge >= 0.3 is 6.03 Å². The maximum absolute atomic E-state index is 13.1. The Morgan fingerprint density at radius 3 is 3.00 bits per heavy atom. The number of allylic oxidation sites excluding steroid dienone is 1. The molecule has 8 heteroatoms. The van der Waals surface area contributed by atoms with Gasteiger partial charge in [0.2, 0.25) is 5.91 Å². The largest absolute Gasteiger partial charge is 0.366 e. The Morgan fingerprint density at radius 1 is 1.39 bits per heavy atom. The topological polar surface area (TPSA) is 89.6 Å². The molecule has 1 aromatic heterocycles. The van der Waals surface area contributed by atoms with Crippen LogP contribution in [0.3, 0.4) is 0 Å². The summed E-state index contributed by atoms with van der Waals surface area (Å²) in [4.78, 5) is 33.9. The number of urea groups is 1. The Balaban J connectivity index is 1.56. The number of dihydropyridines is 1. The van der Waals surface area contributed by atoms with Gasteiger partial charge in [0, 0.05) is 25.3 Å². The van der Waals surface area contributed by atoms with Crippen LogP contribution < -0.4 is 16.0 Å². The predicted octanol–water partition coefficient (Wildman–Crippen LogP) is 1.62. The van der Waals surface area contributed by atoms with Crippen molar-refractivity contribution in [1.29, 1.82) is 0 Å². The lowest BCUT2D eigenvalue weighted by Gasteiger charge is -2.41. The quantitative estimate of drug-likeness (QED) is 0.736. The molecule has 0 radical (unpaired) electrons. The van der Waals surface area contributed by atoms with E-state index in [-0.39, 0.29) is 24.0 Å². The molecule has 3 atom stereocenters. The van der Waals surface area contributed by atoms with Crippen molar-refractivity contribution in [2.45, 2.75) is 44.8 Å². The number of anilines is 1. The number of aromatic nitrogens is 1. The first kappa shape index (κ1) is 18.3. The molecule has 0 aromatic carbocycles. The minimum atomic E-state index is -0.503. The van der Waals surface area contributed by atoms with Crippen molar-refractivity contribution < 1.29 is 9.59 Å². The van der Waals surface area contributed by atoms with Gasteiger partial charge < -0.3 is 15.5 Å². The third-order valence-corrected chi connectivity index (χ3v) is 5.49. The van der Waals surface area contributed by atoms with Crippen molar-refractivity contribution in [2.75, 3.05) is 18.4 Å². The molecule has 1 unspecified atom stereocenters. The van der Waals surface area contributed by atoms with Crippen molar-refractivity contribution in [3.05, 3.63) is 48.1 Å². The number of amides is 3. The fraction of sp³-hybridized carbons (Fsp3) is 0.450. The van der Waals surface area contributed by atoms with Crippen molar-refractivity contribution in [3.8, 4) is 0 Å².